The molecule has 1 aromatic carbocycles. The van der Waals surface area contributed by atoms with Crippen molar-refractivity contribution < 1.29 is 4.74 Å². The molecule has 0 fully saturated rings. The van der Waals surface area contributed by atoms with Gasteiger partial charge in [-0.1, -0.05) is 30.3 Å². The second-order valence-corrected chi connectivity index (χ2v) is 6.53. The lowest BCUT2D eigenvalue weighted by Gasteiger charge is -2.18. The molecule has 6 nitrogen and oxygen atoms in total. The van der Waals surface area contributed by atoms with Crippen LogP contribution in [-0.2, 0) is 13.1 Å². The molecule has 1 aromatic heterocycles. The third kappa shape index (κ3) is 9.05. The van der Waals surface area contributed by atoms with Crippen molar-refractivity contribution in [3.8, 4) is 5.88 Å². The minimum Gasteiger partial charge on any atom is -0.476 e. The smallest absolute Gasteiger partial charge is 0.213 e. The Morgan fingerprint density at radius 3 is 2.48 bits per heavy atom. The van der Waals surface area contributed by atoms with Gasteiger partial charge in [-0.25, -0.2) is 9.98 Å². The standard InChI is InChI=1S/C20H29N5O.HI/c1-24(2)12-13-26-19-14-18(10-11-21-19)16-23-20(25(3)4)22-15-17-8-6-5-7-9-17;/h5-11,14H,12-13,15-16H2,1-4H3,(H,22,23);1H. The molecule has 0 amide bonds. The summed E-state index contributed by atoms with van der Waals surface area (Å²) in [6, 6.07) is 14.2. The average Bonchev–Trinajstić information content (AvgIpc) is 2.62. The Kier molecular flexibility index (Phi) is 10.7. The van der Waals surface area contributed by atoms with Gasteiger partial charge in [0, 0.05) is 39.4 Å². The summed E-state index contributed by atoms with van der Waals surface area (Å²) in [6.45, 7) is 2.79. The highest BCUT2D eigenvalue weighted by Crippen LogP contribution is 2.10. The molecular weight excluding hydrogens is 453 g/mol. The number of halogens is 1. The summed E-state index contributed by atoms with van der Waals surface area (Å²) in [4.78, 5) is 13.0. The van der Waals surface area contributed by atoms with Gasteiger partial charge >= 0.3 is 0 Å². The van der Waals surface area contributed by atoms with Gasteiger partial charge in [0.15, 0.2) is 5.96 Å². The van der Waals surface area contributed by atoms with Gasteiger partial charge in [-0.3, -0.25) is 0 Å². The van der Waals surface area contributed by atoms with Gasteiger partial charge in [0.25, 0.3) is 0 Å². The normalized spacial score (nSPS) is 11.1. The molecule has 0 aliphatic rings. The van der Waals surface area contributed by atoms with E-state index in [1.807, 2.05) is 63.4 Å². The van der Waals surface area contributed by atoms with Gasteiger partial charge in [0.05, 0.1) is 6.54 Å². The zero-order valence-electron chi connectivity index (χ0n) is 16.6. The number of rotatable bonds is 8. The number of nitrogens with one attached hydrogen (secondary N) is 1. The fourth-order valence-corrected chi connectivity index (χ4v) is 2.26. The summed E-state index contributed by atoms with van der Waals surface area (Å²) in [7, 11) is 8.01. The largest absolute Gasteiger partial charge is 0.476 e. The number of pyridine rings is 1. The SMILES string of the molecule is CN(C)CCOc1cc(CN=C(NCc2ccccc2)N(C)C)ccn1.I. The van der Waals surface area contributed by atoms with Crippen molar-refractivity contribution in [2.45, 2.75) is 13.1 Å². The molecule has 0 radical (unpaired) electrons. The molecule has 0 aliphatic heterocycles. The van der Waals surface area contributed by atoms with E-state index in [1.165, 1.54) is 5.56 Å². The van der Waals surface area contributed by atoms with Crippen LogP contribution in [-0.4, -0.2) is 62.1 Å². The first-order chi connectivity index (χ1) is 12.5. The fourth-order valence-electron chi connectivity index (χ4n) is 2.26. The lowest BCUT2D eigenvalue weighted by molar-refractivity contribution is 0.253. The summed E-state index contributed by atoms with van der Waals surface area (Å²) in [5.41, 5.74) is 2.29. The van der Waals surface area contributed by atoms with Gasteiger partial charge in [-0.05, 0) is 31.3 Å². The fraction of sp³-hybridized carbons (Fsp3) is 0.400. The Bertz CT molecular complexity index is 692. The van der Waals surface area contributed by atoms with Crippen molar-refractivity contribution in [1.29, 1.82) is 0 Å². The quantitative estimate of drug-likeness (QED) is 0.356. The van der Waals surface area contributed by atoms with Gasteiger partial charge in [0.2, 0.25) is 5.88 Å². The van der Waals surface area contributed by atoms with E-state index >= 15 is 0 Å². The van der Waals surface area contributed by atoms with Crippen LogP contribution < -0.4 is 10.1 Å². The molecule has 1 heterocycles. The summed E-state index contributed by atoms with van der Waals surface area (Å²) in [5.74, 6) is 1.49. The number of likely N-dealkylation sites (N-methyl/N-ethyl adjacent to an activating group) is 1. The van der Waals surface area contributed by atoms with Crippen LogP contribution >= 0.6 is 24.0 Å². The first-order valence-electron chi connectivity index (χ1n) is 8.76. The molecule has 7 heteroatoms. The van der Waals surface area contributed by atoms with Gasteiger partial charge in [-0.2, -0.15) is 0 Å². The third-order valence-corrected chi connectivity index (χ3v) is 3.72. The average molecular weight is 483 g/mol. The summed E-state index contributed by atoms with van der Waals surface area (Å²) in [5, 5.41) is 3.39. The highest BCUT2D eigenvalue weighted by molar-refractivity contribution is 14.0. The monoisotopic (exact) mass is 483 g/mol. The molecule has 0 saturated carbocycles. The molecule has 0 atom stereocenters. The summed E-state index contributed by atoms with van der Waals surface area (Å²) < 4.78 is 5.69. The van der Waals surface area contributed by atoms with Gasteiger partial charge in [-0.15, -0.1) is 24.0 Å². The summed E-state index contributed by atoms with van der Waals surface area (Å²) in [6.07, 6.45) is 1.77. The highest BCUT2D eigenvalue weighted by Gasteiger charge is 2.03. The minimum absolute atomic E-state index is 0. The first kappa shape index (κ1) is 23.2. The number of hydrogen-bond acceptors (Lipinski definition) is 4. The van der Waals surface area contributed by atoms with E-state index in [2.05, 4.69) is 27.3 Å². The summed E-state index contributed by atoms with van der Waals surface area (Å²) >= 11 is 0. The second-order valence-electron chi connectivity index (χ2n) is 6.53. The maximum atomic E-state index is 5.69. The molecule has 1 N–H and O–H groups in total. The van der Waals surface area contributed by atoms with Crippen LogP contribution in [0, 0.1) is 0 Å². The molecule has 2 aromatic rings. The molecule has 2 rings (SSSR count). The minimum atomic E-state index is 0. The Labute approximate surface area is 179 Å². The Balaban J connectivity index is 0.00000364. The van der Waals surface area contributed by atoms with Crippen LogP contribution in [0.15, 0.2) is 53.7 Å². The number of nitrogens with zero attached hydrogens (tertiary/aromatic N) is 4. The molecular formula is C20H30IN5O. The van der Waals surface area contributed by atoms with Crippen LogP contribution in [0.5, 0.6) is 5.88 Å². The van der Waals surface area contributed by atoms with Crippen molar-refractivity contribution in [3.63, 3.8) is 0 Å². The zero-order chi connectivity index (χ0) is 18.8. The lowest BCUT2D eigenvalue weighted by atomic mass is 10.2. The van der Waals surface area contributed by atoms with Crippen LogP contribution in [0.25, 0.3) is 0 Å². The molecule has 0 spiro atoms. The molecule has 0 aliphatic carbocycles. The van der Waals surface area contributed by atoms with E-state index in [1.54, 1.807) is 6.20 Å². The van der Waals surface area contributed by atoms with Gasteiger partial charge in [0.1, 0.15) is 6.61 Å². The van der Waals surface area contributed by atoms with E-state index in [0.717, 1.165) is 24.6 Å². The topological polar surface area (TPSA) is 53.0 Å². The number of aromatic nitrogens is 1. The molecule has 0 unspecified atom stereocenters. The molecule has 0 bridgehead atoms. The Morgan fingerprint density at radius 1 is 1.07 bits per heavy atom. The van der Waals surface area contributed by atoms with Crippen molar-refractivity contribution in [1.82, 2.24) is 20.1 Å². The predicted molar refractivity (Wildman–Crippen MR) is 122 cm³/mol. The van der Waals surface area contributed by atoms with Crippen molar-refractivity contribution in [2.75, 3.05) is 41.3 Å². The van der Waals surface area contributed by atoms with E-state index in [4.69, 9.17) is 9.73 Å². The van der Waals surface area contributed by atoms with Crippen molar-refractivity contribution in [2.24, 2.45) is 4.99 Å². The Hall–Kier alpha value is -1.87. The number of aliphatic imine (C=N–C) groups is 1. The van der Waals surface area contributed by atoms with E-state index in [-0.39, 0.29) is 24.0 Å². The number of hydrogen-bond donors (Lipinski definition) is 1. The van der Waals surface area contributed by atoms with Crippen LogP contribution in [0.2, 0.25) is 0 Å². The maximum Gasteiger partial charge on any atom is 0.213 e. The van der Waals surface area contributed by atoms with Crippen LogP contribution in [0.1, 0.15) is 11.1 Å². The van der Waals surface area contributed by atoms with Crippen molar-refractivity contribution in [3.05, 3.63) is 59.8 Å². The predicted octanol–water partition coefficient (Wildman–Crippen LogP) is 2.85. The molecule has 27 heavy (non-hydrogen) atoms. The molecule has 148 valence electrons. The Morgan fingerprint density at radius 2 is 1.81 bits per heavy atom. The van der Waals surface area contributed by atoms with Crippen molar-refractivity contribution >= 4 is 29.9 Å². The van der Waals surface area contributed by atoms with Crippen LogP contribution in [0.4, 0.5) is 0 Å². The van der Waals surface area contributed by atoms with Gasteiger partial charge < -0.3 is 19.9 Å². The van der Waals surface area contributed by atoms with Crippen LogP contribution in [0.3, 0.4) is 0 Å². The first-order valence-corrected chi connectivity index (χ1v) is 8.76. The van der Waals surface area contributed by atoms with E-state index in [9.17, 15) is 0 Å². The molecule has 0 saturated heterocycles. The zero-order valence-corrected chi connectivity index (χ0v) is 18.9. The van der Waals surface area contributed by atoms with E-state index in [0.29, 0.717) is 19.0 Å². The maximum absolute atomic E-state index is 5.69. The van der Waals surface area contributed by atoms with E-state index < -0.39 is 0 Å². The number of guanidine groups is 1. The number of ether oxygens (including phenoxy) is 1. The highest BCUT2D eigenvalue weighted by atomic mass is 127. The lowest BCUT2D eigenvalue weighted by Crippen LogP contribution is -2.36. The second kappa shape index (κ2) is 12.5. The third-order valence-electron chi connectivity index (χ3n) is 3.72. The number of benzene rings is 1.